The van der Waals surface area contributed by atoms with Crippen LogP contribution >= 0.6 is 0 Å². The van der Waals surface area contributed by atoms with Gasteiger partial charge in [0.15, 0.2) is 0 Å². The molecule has 0 bridgehead atoms. The van der Waals surface area contributed by atoms with Crippen LogP contribution in [0.2, 0.25) is 0 Å². The minimum absolute atomic E-state index is 0.0129. The molecule has 0 aromatic heterocycles. The molecule has 0 aliphatic carbocycles. The van der Waals surface area contributed by atoms with E-state index in [9.17, 15) is 4.79 Å². The number of nitrogens with one attached hydrogen (secondary N) is 3. The summed E-state index contributed by atoms with van der Waals surface area (Å²) in [4.78, 5) is 11.8. The van der Waals surface area contributed by atoms with Gasteiger partial charge in [-0.2, -0.15) is 0 Å². The van der Waals surface area contributed by atoms with Crippen molar-refractivity contribution in [2.24, 2.45) is 0 Å². The molecule has 1 atom stereocenters. The lowest BCUT2D eigenvalue weighted by atomic mass is 9.89. The Morgan fingerprint density at radius 1 is 1.09 bits per heavy atom. The van der Waals surface area contributed by atoms with Gasteiger partial charge in [-0.3, -0.25) is 0 Å². The number of benzene rings is 2. The number of methoxy groups -OCH3 is 1. The van der Waals surface area contributed by atoms with E-state index in [1.807, 2.05) is 48.5 Å². The molecule has 2 aromatic rings. The van der Waals surface area contributed by atoms with Gasteiger partial charge in [-0.05, 0) is 29.3 Å². The first-order valence-corrected chi connectivity index (χ1v) is 7.54. The third kappa shape index (κ3) is 2.30. The van der Waals surface area contributed by atoms with Gasteiger partial charge in [-0.25, -0.2) is 4.79 Å². The van der Waals surface area contributed by atoms with Crippen LogP contribution in [0, 0.1) is 0 Å². The Kier molecular flexibility index (Phi) is 3.19. The molecule has 1 unspecified atom stereocenters. The first-order chi connectivity index (χ1) is 11.3. The second-order valence-corrected chi connectivity index (χ2v) is 5.60. The molecule has 4 rings (SSSR count). The van der Waals surface area contributed by atoms with E-state index in [1.165, 1.54) is 0 Å². The first-order valence-electron chi connectivity index (χ1n) is 7.54. The van der Waals surface area contributed by atoms with Crippen LogP contribution in [-0.4, -0.2) is 19.7 Å². The van der Waals surface area contributed by atoms with Gasteiger partial charge in [0, 0.05) is 17.8 Å². The molecule has 23 heavy (non-hydrogen) atoms. The van der Waals surface area contributed by atoms with Gasteiger partial charge >= 0.3 is 6.03 Å². The average Bonchev–Trinajstić information content (AvgIpc) is 2.61. The maximum absolute atomic E-state index is 11.8. The fourth-order valence-electron chi connectivity index (χ4n) is 3.14. The second-order valence-electron chi connectivity index (χ2n) is 5.60. The van der Waals surface area contributed by atoms with Gasteiger partial charge in [0.25, 0.3) is 0 Å². The van der Waals surface area contributed by atoms with Gasteiger partial charge < -0.3 is 20.7 Å². The van der Waals surface area contributed by atoms with Crippen molar-refractivity contribution in [2.45, 2.75) is 6.04 Å². The maximum Gasteiger partial charge on any atom is 0.319 e. The van der Waals surface area contributed by atoms with Crippen molar-refractivity contribution in [3.63, 3.8) is 0 Å². The Morgan fingerprint density at radius 2 is 1.87 bits per heavy atom. The summed E-state index contributed by atoms with van der Waals surface area (Å²) in [7, 11) is 1.66. The van der Waals surface area contributed by atoms with Crippen molar-refractivity contribution in [1.82, 2.24) is 10.6 Å². The van der Waals surface area contributed by atoms with Crippen LogP contribution in [0.25, 0.3) is 5.70 Å². The zero-order chi connectivity index (χ0) is 15.8. The molecular formula is C18H17N3O2. The number of hydrogen-bond acceptors (Lipinski definition) is 3. The lowest BCUT2D eigenvalue weighted by Crippen LogP contribution is -2.44. The summed E-state index contributed by atoms with van der Waals surface area (Å²) in [6, 6.07) is 15.9. The number of hydrogen-bond donors (Lipinski definition) is 3. The number of carbonyl (C=O) groups is 1. The minimum atomic E-state index is -0.158. The Bertz CT molecular complexity index is 796. The Balaban J connectivity index is 1.81. The van der Waals surface area contributed by atoms with Crippen molar-refractivity contribution in [2.75, 3.05) is 19.0 Å². The standard InChI is InChI=1S/C18H17N3O2/c1-23-12-8-6-11(7-9-12)16-14-10-19-18(22)21-17(14)13-4-2-3-5-15(13)20-16/h2-9,16,20H,10H2,1H3,(H2,19,21,22). The maximum atomic E-state index is 11.8. The molecule has 3 N–H and O–H groups in total. The Labute approximate surface area is 134 Å². The zero-order valence-electron chi connectivity index (χ0n) is 12.7. The van der Waals surface area contributed by atoms with E-state index < -0.39 is 0 Å². The molecule has 0 spiro atoms. The number of urea groups is 1. The van der Waals surface area contributed by atoms with Crippen LogP contribution in [0.5, 0.6) is 5.75 Å². The van der Waals surface area contributed by atoms with Gasteiger partial charge in [0.1, 0.15) is 5.75 Å². The normalized spacial score (nSPS) is 19.0. The smallest absolute Gasteiger partial charge is 0.319 e. The van der Waals surface area contributed by atoms with E-state index in [2.05, 4.69) is 16.0 Å². The van der Waals surface area contributed by atoms with Crippen LogP contribution in [0.3, 0.4) is 0 Å². The largest absolute Gasteiger partial charge is 0.497 e. The topological polar surface area (TPSA) is 62.4 Å². The minimum Gasteiger partial charge on any atom is -0.497 e. The van der Waals surface area contributed by atoms with Crippen LogP contribution < -0.4 is 20.7 Å². The Hall–Kier alpha value is -2.95. The van der Waals surface area contributed by atoms with Crippen LogP contribution in [0.4, 0.5) is 10.5 Å². The van der Waals surface area contributed by atoms with E-state index in [-0.39, 0.29) is 12.1 Å². The number of rotatable bonds is 2. The lowest BCUT2D eigenvalue weighted by Gasteiger charge is -2.35. The van der Waals surface area contributed by atoms with E-state index in [0.717, 1.165) is 33.8 Å². The average molecular weight is 307 g/mol. The van der Waals surface area contributed by atoms with Crippen LogP contribution in [-0.2, 0) is 0 Å². The fraction of sp³-hybridized carbons (Fsp3) is 0.167. The van der Waals surface area contributed by atoms with Gasteiger partial charge in [-0.15, -0.1) is 0 Å². The molecule has 0 fully saturated rings. The Morgan fingerprint density at radius 3 is 2.65 bits per heavy atom. The van der Waals surface area contributed by atoms with Crippen LogP contribution in [0.15, 0.2) is 54.1 Å². The molecule has 0 saturated carbocycles. The fourth-order valence-corrected chi connectivity index (χ4v) is 3.14. The molecule has 2 aliphatic heterocycles. The summed E-state index contributed by atoms with van der Waals surface area (Å²) < 4.78 is 5.23. The number of amides is 2. The van der Waals surface area contributed by atoms with Gasteiger partial charge in [0.2, 0.25) is 0 Å². The van der Waals surface area contributed by atoms with Gasteiger partial charge in [-0.1, -0.05) is 30.3 Å². The third-order valence-corrected chi connectivity index (χ3v) is 4.29. The highest BCUT2D eigenvalue weighted by Crippen LogP contribution is 2.39. The molecule has 2 aliphatic rings. The quantitative estimate of drug-likeness (QED) is 0.799. The second kappa shape index (κ2) is 5.35. The highest BCUT2D eigenvalue weighted by molar-refractivity contribution is 5.94. The summed E-state index contributed by atoms with van der Waals surface area (Å²) in [6.07, 6.45) is 0. The number of anilines is 1. The van der Waals surface area contributed by atoms with Crippen molar-refractivity contribution >= 4 is 17.4 Å². The van der Waals surface area contributed by atoms with Crippen molar-refractivity contribution in [3.05, 3.63) is 65.2 Å². The molecule has 116 valence electrons. The highest BCUT2D eigenvalue weighted by atomic mass is 16.5. The van der Waals surface area contributed by atoms with Crippen LogP contribution in [0.1, 0.15) is 17.2 Å². The van der Waals surface area contributed by atoms with E-state index >= 15 is 0 Å². The highest BCUT2D eigenvalue weighted by Gasteiger charge is 2.31. The number of ether oxygens (including phenoxy) is 1. The first kappa shape index (κ1) is 13.7. The van der Waals surface area contributed by atoms with Crippen molar-refractivity contribution in [1.29, 1.82) is 0 Å². The summed E-state index contributed by atoms with van der Waals surface area (Å²) in [5.74, 6) is 0.828. The monoisotopic (exact) mass is 307 g/mol. The van der Waals surface area contributed by atoms with Crippen molar-refractivity contribution in [3.8, 4) is 5.75 Å². The zero-order valence-corrected chi connectivity index (χ0v) is 12.7. The lowest BCUT2D eigenvalue weighted by molar-refractivity contribution is 0.244. The SMILES string of the molecule is COc1ccc(C2Nc3ccccc3C3=C2CNC(=O)N3)cc1. The molecule has 2 aromatic carbocycles. The summed E-state index contributed by atoms with van der Waals surface area (Å²) in [5, 5.41) is 9.40. The van der Waals surface area contributed by atoms with Gasteiger partial charge in [0.05, 0.1) is 18.8 Å². The number of para-hydroxylation sites is 1. The molecule has 0 radical (unpaired) electrons. The molecule has 2 heterocycles. The molecular weight excluding hydrogens is 290 g/mol. The third-order valence-electron chi connectivity index (χ3n) is 4.29. The predicted molar refractivity (Wildman–Crippen MR) is 89.3 cm³/mol. The van der Waals surface area contributed by atoms with E-state index in [0.29, 0.717) is 6.54 Å². The van der Waals surface area contributed by atoms with Crippen molar-refractivity contribution < 1.29 is 9.53 Å². The van der Waals surface area contributed by atoms with E-state index in [1.54, 1.807) is 7.11 Å². The molecule has 5 nitrogen and oxygen atoms in total. The summed E-state index contributed by atoms with van der Waals surface area (Å²) in [5.41, 5.74) is 5.22. The summed E-state index contributed by atoms with van der Waals surface area (Å²) >= 11 is 0. The van der Waals surface area contributed by atoms with E-state index in [4.69, 9.17) is 4.74 Å². The summed E-state index contributed by atoms with van der Waals surface area (Å²) in [6.45, 7) is 0.527. The molecule has 0 saturated heterocycles. The predicted octanol–water partition coefficient (Wildman–Crippen LogP) is 2.89. The number of carbonyl (C=O) groups excluding carboxylic acids is 1. The molecule has 2 amide bonds. The molecule has 5 heteroatoms. The number of fused-ring (bicyclic) bond motifs is 2.